The molecule has 17 heavy (non-hydrogen) atoms. The van der Waals surface area contributed by atoms with Crippen LogP contribution in [0.5, 0.6) is 0 Å². The van der Waals surface area contributed by atoms with Crippen LogP contribution in [0.15, 0.2) is 0 Å². The molecule has 0 aliphatic carbocycles. The van der Waals surface area contributed by atoms with Crippen molar-refractivity contribution in [3.8, 4) is 0 Å². The summed E-state index contributed by atoms with van der Waals surface area (Å²) in [6.45, 7) is 1.38. The van der Waals surface area contributed by atoms with E-state index in [1.165, 1.54) is 12.8 Å². The number of ether oxygens (including phenoxy) is 1. The van der Waals surface area contributed by atoms with Crippen molar-refractivity contribution in [1.29, 1.82) is 0 Å². The highest BCUT2D eigenvalue weighted by Gasteiger charge is 2.38. The first kappa shape index (κ1) is 11.5. The van der Waals surface area contributed by atoms with E-state index in [2.05, 4.69) is 5.32 Å². The second-order valence-corrected chi connectivity index (χ2v) is 5.77. The molecule has 1 N–H and O–H groups in total. The molecular formula is C13H22N2O2. The van der Waals surface area contributed by atoms with Gasteiger partial charge in [-0.05, 0) is 32.1 Å². The average Bonchev–Trinajstić information content (AvgIpc) is 2.97. The molecule has 0 aromatic carbocycles. The maximum absolute atomic E-state index is 12.3. The van der Waals surface area contributed by atoms with Crippen LogP contribution < -0.4 is 5.32 Å². The van der Waals surface area contributed by atoms with E-state index in [1.54, 1.807) is 0 Å². The fraction of sp³-hybridized carbons (Fsp3) is 0.923. The summed E-state index contributed by atoms with van der Waals surface area (Å²) in [5.41, 5.74) is 0. The van der Waals surface area contributed by atoms with Gasteiger partial charge in [0.05, 0.1) is 12.5 Å². The minimum atomic E-state index is 0.118. The van der Waals surface area contributed by atoms with E-state index >= 15 is 0 Å². The van der Waals surface area contributed by atoms with E-state index in [-0.39, 0.29) is 5.92 Å². The lowest BCUT2D eigenvalue weighted by molar-refractivity contribution is -0.137. The van der Waals surface area contributed by atoms with Crippen LogP contribution >= 0.6 is 0 Å². The highest BCUT2D eigenvalue weighted by Crippen LogP contribution is 2.30. The zero-order chi connectivity index (χ0) is 11.8. The van der Waals surface area contributed by atoms with E-state index in [9.17, 15) is 4.79 Å². The van der Waals surface area contributed by atoms with Crippen molar-refractivity contribution in [3.63, 3.8) is 0 Å². The Kier molecular flexibility index (Phi) is 3.09. The summed E-state index contributed by atoms with van der Waals surface area (Å²) in [5.74, 6) is 0.418. The molecule has 3 saturated heterocycles. The van der Waals surface area contributed by atoms with Crippen molar-refractivity contribution < 1.29 is 9.53 Å². The van der Waals surface area contributed by atoms with Crippen molar-refractivity contribution in [2.45, 2.75) is 50.2 Å². The Morgan fingerprint density at radius 3 is 2.53 bits per heavy atom. The van der Waals surface area contributed by atoms with E-state index in [0.717, 1.165) is 25.9 Å². The summed E-state index contributed by atoms with van der Waals surface area (Å²) >= 11 is 0. The van der Waals surface area contributed by atoms with Crippen molar-refractivity contribution in [2.75, 3.05) is 20.3 Å². The molecule has 2 bridgehead atoms. The predicted molar refractivity (Wildman–Crippen MR) is 64.7 cm³/mol. The van der Waals surface area contributed by atoms with E-state index in [0.29, 0.717) is 30.6 Å². The number of carbonyl (C=O) groups excluding carboxylic acids is 1. The van der Waals surface area contributed by atoms with Crippen LogP contribution in [0.2, 0.25) is 0 Å². The first-order valence-corrected chi connectivity index (χ1v) is 6.84. The van der Waals surface area contributed by atoms with Gasteiger partial charge in [0, 0.05) is 31.8 Å². The van der Waals surface area contributed by atoms with E-state index in [1.807, 2.05) is 11.9 Å². The normalized spacial score (nSPS) is 40.5. The Morgan fingerprint density at radius 2 is 1.94 bits per heavy atom. The largest absolute Gasteiger partial charge is 0.381 e. The molecule has 0 saturated carbocycles. The van der Waals surface area contributed by atoms with E-state index in [4.69, 9.17) is 4.74 Å². The van der Waals surface area contributed by atoms with Crippen molar-refractivity contribution in [2.24, 2.45) is 5.92 Å². The fourth-order valence-corrected chi connectivity index (χ4v) is 3.54. The lowest BCUT2D eigenvalue weighted by Crippen LogP contribution is -2.50. The van der Waals surface area contributed by atoms with Gasteiger partial charge in [-0.25, -0.2) is 0 Å². The third-order valence-electron chi connectivity index (χ3n) is 4.62. The van der Waals surface area contributed by atoms with Gasteiger partial charge in [-0.15, -0.1) is 0 Å². The second-order valence-electron chi connectivity index (χ2n) is 5.77. The lowest BCUT2D eigenvalue weighted by atomic mass is 9.97. The molecule has 3 aliphatic heterocycles. The molecule has 0 aromatic rings. The highest BCUT2D eigenvalue weighted by molar-refractivity contribution is 5.79. The number of fused-ring (bicyclic) bond motifs is 2. The molecule has 0 radical (unpaired) electrons. The molecule has 3 aliphatic rings. The minimum Gasteiger partial charge on any atom is -0.381 e. The monoisotopic (exact) mass is 238 g/mol. The van der Waals surface area contributed by atoms with Gasteiger partial charge in [-0.1, -0.05) is 0 Å². The molecule has 4 heteroatoms. The van der Waals surface area contributed by atoms with Crippen LogP contribution in [-0.4, -0.2) is 49.2 Å². The predicted octanol–water partition coefficient (Wildman–Crippen LogP) is 0.764. The molecular weight excluding hydrogens is 216 g/mol. The van der Waals surface area contributed by atoms with Gasteiger partial charge >= 0.3 is 0 Å². The molecule has 1 amide bonds. The number of carbonyl (C=O) groups is 1. The quantitative estimate of drug-likeness (QED) is 0.772. The van der Waals surface area contributed by atoms with Gasteiger partial charge in [0.2, 0.25) is 5.91 Å². The molecule has 0 aromatic heterocycles. The SMILES string of the molecule is CN(C(=O)C1CCOC1)C1CC2CCC(C1)N2. The van der Waals surface area contributed by atoms with Gasteiger partial charge in [0.15, 0.2) is 0 Å². The summed E-state index contributed by atoms with van der Waals surface area (Å²) < 4.78 is 5.31. The Morgan fingerprint density at radius 1 is 1.24 bits per heavy atom. The molecule has 3 unspecified atom stereocenters. The standard InChI is InChI=1S/C13H22N2O2/c1-15(13(16)9-4-5-17-8-9)12-6-10-2-3-11(7-12)14-10/h9-12,14H,2-8H2,1H3. The number of hydrogen-bond acceptors (Lipinski definition) is 3. The second kappa shape index (κ2) is 4.58. The average molecular weight is 238 g/mol. The zero-order valence-corrected chi connectivity index (χ0v) is 10.5. The van der Waals surface area contributed by atoms with Gasteiger partial charge in [0.1, 0.15) is 0 Å². The number of rotatable bonds is 2. The van der Waals surface area contributed by atoms with Crippen LogP contribution in [-0.2, 0) is 9.53 Å². The summed E-state index contributed by atoms with van der Waals surface area (Å²) in [5, 5.41) is 3.62. The molecule has 3 heterocycles. The minimum absolute atomic E-state index is 0.118. The van der Waals surface area contributed by atoms with Crippen LogP contribution in [0, 0.1) is 5.92 Å². The van der Waals surface area contributed by atoms with Crippen LogP contribution in [0.25, 0.3) is 0 Å². The third kappa shape index (κ3) is 2.20. The Hall–Kier alpha value is -0.610. The highest BCUT2D eigenvalue weighted by atomic mass is 16.5. The summed E-state index contributed by atoms with van der Waals surface area (Å²) in [6.07, 6.45) is 5.74. The van der Waals surface area contributed by atoms with Gasteiger partial charge in [-0.2, -0.15) is 0 Å². The fourth-order valence-electron chi connectivity index (χ4n) is 3.54. The van der Waals surface area contributed by atoms with Crippen LogP contribution in [0.4, 0.5) is 0 Å². The topological polar surface area (TPSA) is 41.6 Å². The number of hydrogen-bond donors (Lipinski definition) is 1. The number of nitrogens with one attached hydrogen (secondary N) is 1. The zero-order valence-electron chi connectivity index (χ0n) is 10.5. The maximum Gasteiger partial charge on any atom is 0.228 e. The first-order valence-electron chi connectivity index (χ1n) is 6.84. The van der Waals surface area contributed by atoms with Crippen molar-refractivity contribution in [1.82, 2.24) is 10.2 Å². The summed E-state index contributed by atoms with van der Waals surface area (Å²) in [6, 6.07) is 1.74. The first-order chi connectivity index (χ1) is 8.24. The molecule has 3 rings (SSSR count). The molecule has 3 fully saturated rings. The number of amides is 1. The Bertz CT molecular complexity index is 290. The van der Waals surface area contributed by atoms with Crippen LogP contribution in [0.3, 0.4) is 0 Å². The van der Waals surface area contributed by atoms with E-state index < -0.39 is 0 Å². The maximum atomic E-state index is 12.3. The van der Waals surface area contributed by atoms with Crippen LogP contribution in [0.1, 0.15) is 32.1 Å². The van der Waals surface area contributed by atoms with Crippen molar-refractivity contribution in [3.05, 3.63) is 0 Å². The van der Waals surface area contributed by atoms with Gasteiger partial charge in [-0.3, -0.25) is 4.79 Å². The Labute approximate surface area is 103 Å². The molecule has 96 valence electrons. The summed E-state index contributed by atoms with van der Waals surface area (Å²) in [4.78, 5) is 14.3. The lowest BCUT2D eigenvalue weighted by Gasteiger charge is -2.36. The Balaban J connectivity index is 1.61. The third-order valence-corrected chi connectivity index (χ3v) is 4.62. The summed E-state index contributed by atoms with van der Waals surface area (Å²) in [7, 11) is 1.98. The molecule has 3 atom stereocenters. The van der Waals surface area contributed by atoms with Crippen molar-refractivity contribution >= 4 is 5.91 Å². The number of nitrogens with zero attached hydrogens (tertiary/aromatic N) is 1. The smallest absolute Gasteiger partial charge is 0.228 e. The molecule has 4 nitrogen and oxygen atoms in total. The number of piperidine rings is 1. The van der Waals surface area contributed by atoms with Gasteiger partial charge in [0.25, 0.3) is 0 Å². The van der Waals surface area contributed by atoms with Gasteiger partial charge < -0.3 is 15.0 Å². The molecule has 0 spiro atoms.